The molecule has 0 aliphatic carbocycles. The Bertz CT molecular complexity index is 283. The normalized spacial score (nSPS) is 26.2. The first-order valence-electron chi connectivity index (χ1n) is 5.49. The maximum atomic E-state index is 11.7. The van der Waals surface area contributed by atoms with E-state index in [0.717, 1.165) is 6.54 Å². The van der Waals surface area contributed by atoms with Crippen molar-refractivity contribution in [2.24, 2.45) is 5.92 Å². The summed E-state index contributed by atoms with van der Waals surface area (Å²) in [5.74, 6) is -1.21. The lowest BCUT2D eigenvalue weighted by molar-refractivity contribution is -0.154. The van der Waals surface area contributed by atoms with Crippen LogP contribution in [0.15, 0.2) is 0 Å². The number of nitrogens with zero attached hydrogens (tertiary/aromatic N) is 1. The maximum absolute atomic E-state index is 11.7. The number of likely N-dealkylation sites (tertiary alicyclic amines) is 1. The van der Waals surface area contributed by atoms with Gasteiger partial charge in [0.25, 0.3) is 0 Å². The number of carboxylic acid groups (broad SMARTS) is 1. The van der Waals surface area contributed by atoms with E-state index in [2.05, 4.69) is 5.32 Å². The third kappa shape index (κ3) is 2.51. The number of nitrogens with one attached hydrogen (secondary N) is 1. The highest BCUT2D eigenvalue weighted by Gasteiger charge is 2.36. The Morgan fingerprint density at radius 3 is 2.75 bits per heavy atom. The molecule has 1 atom stereocenters. The Balaban J connectivity index is 1.71. The molecule has 2 rings (SSSR count). The minimum absolute atomic E-state index is 0.00815. The summed E-state index contributed by atoms with van der Waals surface area (Å²) in [5, 5.41) is 11.8. The lowest BCUT2D eigenvalue weighted by Gasteiger charge is -2.37. The lowest BCUT2D eigenvalue weighted by atomic mass is 9.99. The van der Waals surface area contributed by atoms with E-state index < -0.39 is 5.97 Å². The number of carbonyl (C=O) groups is 2. The molecule has 6 heteroatoms. The van der Waals surface area contributed by atoms with Gasteiger partial charge in [0.15, 0.2) is 0 Å². The van der Waals surface area contributed by atoms with Crippen LogP contribution in [-0.2, 0) is 14.3 Å². The van der Waals surface area contributed by atoms with Crippen molar-refractivity contribution in [2.75, 3.05) is 32.8 Å². The third-order valence-corrected chi connectivity index (χ3v) is 2.99. The number of aliphatic carboxylic acids is 1. The van der Waals surface area contributed by atoms with E-state index in [9.17, 15) is 9.59 Å². The van der Waals surface area contributed by atoms with Crippen molar-refractivity contribution in [3.63, 3.8) is 0 Å². The number of amides is 1. The van der Waals surface area contributed by atoms with Gasteiger partial charge in [0, 0.05) is 26.2 Å². The first kappa shape index (κ1) is 11.3. The minimum atomic E-state index is -0.820. The Labute approximate surface area is 93.6 Å². The summed E-state index contributed by atoms with van der Waals surface area (Å²) in [7, 11) is 0. The number of morpholine rings is 1. The van der Waals surface area contributed by atoms with E-state index in [-0.39, 0.29) is 17.9 Å². The summed E-state index contributed by atoms with van der Waals surface area (Å²) >= 11 is 0. The predicted octanol–water partition coefficient (Wildman–Crippen LogP) is -1.09. The van der Waals surface area contributed by atoms with E-state index in [0.29, 0.717) is 32.7 Å². The third-order valence-electron chi connectivity index (χ3n) is 2.99. The van der Waals surface area contributed by atoms with Crippen molar-refractivity contribution in [2.45, 2.75) is 12.5 Å². The Morgan fingerprint density at radius 1 is 1.44 bits per heavy atom. The molecule has 0 aromatic heterocycles. The smallest absolute Gasteiger partial charge is 0.310 e. The topological polar surface area (TPSA) is 78.9 Å². The molecule has 6 nitrogen and oxygen atoms in total. The van der Waals surface area contributed by atoms with Crippen molar-refractivity contribution in [1.29, 1.82) is 0 Å². The Kier molecular flexibility index (Phi) is 3.40. The largest absolute Gasteiger partial charge is 0.481 e. The maximum Gasteiger partial charge on any atom is 0.310 e. The molecule has 90 valence electrons. The fraction of sp³-hybridized carbons (Fsp3) is 0.800. The van der Waals surface area contributed by atoms with Gasteiger partial charge in [-0.2, -0.15) is 0 Å². The molecule has 2 saturated heterocycles. The number of hydrogen-bond donors (Lipinski definition) is 2. The fourth-order valence-corrected chi connectivity index (χ4v) is 1.91. The number of hydrogen-bond acceptors (Lipinski definition) is 4. The summed E-state index contributed by atoms with van der Waals surface area (Å²) in [5.41, 5.74) is 0. The molecular weight excluding hydrogens is 212 g/mol. The fourth-order valence-electron chi connectivity index (χ4n) is 1.91. The molecule has 0 aromatic rings. The Morgan fingerprint density at radius 2 is 2.19 bits per heavy atom. The zero-order chi connectivity index (χ0) is 11.5. The molecule has 0 saturated carbocycles. The highest BCUT2D eigenvalue weighted by Crippen LogP contribution is 2.17. The molecule has 2 aliphatic heterocycles. The molecule has 0 aromatic carbocycles. The van der Waals surface area contributed by atoms with E-state index >= 15 is 0 Å². The first-order chi connectivity index (χ1) is 7.66. The van der Waals surface area contributed by atoms with Gasteiger partial charge < -0.3 is 20.1 Å². The van der Waals surface area contributed by atoms with Crippen LogP contribution in [0.1, 0.15) is 6.42 Å². The van der Waals surface area contributed by atoms with Crippen LogP contribution in [0.4, 0.5) is 0 Å². The van der Waals surface area contributed by atoms with Gasteiger partial charge in [-0.05, 0) is 0 Å². The van der Waals surface area contributed by atoms with Crippen LogP contribution in [0.5, 0.6) is 0 Å². The van der Waals surface area contributed by atoms with Crippen molar-refractivity contribution in [3.8, 4) is 0 Å². The van der Waals surface area contributed by atoms with E-state index in [1.807, 2.05) is 0 Å². The summed E-state index contributed by atoms with van der Waals surface area (Å²) < 4.78 is 5.42. The quantitative estimate of drug-likeness (QED) is 0.641. The summed E-state index contributed by atoms with van der Waals surface area (Å²) in [4.78, 5) is 23.8. The van der Waals surface area contributed by atoms with Crippen molar-refractivity contribution < 1.29 is 19.4 Å². The molecule has 0 bridgehead atoms. The Hall–Kier alpha value is -1.14. The average Bonchev–Trinajstić information content (AvgIpc) is 2.15. The standard InChI is InChI=1S/C10H16N2O4/c13-9(3-8-4-11-1-2-16-8)12-5-7(6-12)10(14)15/h7-8,11H,1-6H2,(H,14,15). The molecule has 2 fully saturated rings. The van der Waals surface area contributed by atoms with Crippen molar-refractivity contribution in [3.05, 3.63) is 0 Å². The van der Waals surface area contributed by atoms with E-state index in [1.54, 1.807) is 4.90 Å². The van der Waals surface area contributed by atoms with Gasteiger partial charge in [0.1, 0.15) is 0 Å². The zero-order valence-corrected chi connectivity index (χ0v) is 9.02. The van der Waals surface area contributed by atoms with Gasteiger partial charge in [0.2, 0.25) is 5.91 Å². The van der Waals surface area contributed by atoms with Crippen LogP contribution in [-0.4, -0.2) is 60.8 Å². The van der Waals surface area contributed by atoms with E-state index in [4.69, 9.17) is 9.84 Å². The van der Waals surface area contributed by atoms with Gasteiger partial charge in [-0.3, -0.25) is 9.59 Å². The number of ether oxygens (including phenoxy) is 1. The molecule has 2 aliphatic rings. The second-order valence-corrected chi connectivity index (χ2v) is 4.23. The van der Waals surface area contributed by atoms with Crippen LogP contribution in [0, 0.1) is 5.92 Å². The molecule has 2 heterocycles. The van der Waals surface area contributed by atoms with Crippen LogP contribution < -0.4 is 5.32 Å². The molecule has 16 heavy (non-hydrogen) atoms. The molecule has 0 spiro atoms. The van der Waals surface area contributed by atoms with Crippen molar-refractivity contribution in [1.82, 2.24) is 10.2 Å². The number of rotatable bonds is 3. The lowest BCUT2D eigenvalue weighted by Crippen LogP contribution is -2.54. The monoisotopic (exact) mass is 228 g/mol. The van der Waals surface area contributed by atoms with Gasteiger partial charge in [-0.15, -0.1) is 0 Å². The minimum Gasteiger partial charge on any atom is -0.481 e. The SMILES string of the molecule is O=C(O)C1CN(C(=O)CC2CNCCO2)C1. The van der Waals surface area contributed by atoms with E-state index in [1.165, 1.54) is 0 Å². The predicted molar refractivity (Wildman–Crippen MR) is 54.9 cm³/mol. The highest BCUT2D eigenvalue weighted by atomic mass is 16.5. The first-order valence-corrected chi connectivity index (χ1v) is 5.49. The van der Waals surface area contributed by atoms with Gasteiger partial charge in [0.05, 0.1) is 25.0 Å². The second-order valence-electron chi connectivity index (χ2n) is 4.23. The van der Waals surface area contributed by atoms with Gasteiger partial charge in [-0.1, -0.05) is 0 Å². The summed E-state index contributed by atoms with van der Waals surface area (Å²) in [6, 6.07) is 0. The zero-order valence-electron chi connectivity index (χ0n) is 9.02. The van der Waals surface area contributed by atoms with Gasteiger partial charge >= 0.3 is 5.97 Å². The number of carboxylic acids is 1. The average molecular weight is 228 g/mol. The van der Waals surface area contributed by atoms with Gasteiger partial charge in [-0.25, -0.2) is 0 Å². The van der Waals surface area contributed by atoms with Crippen molar-refractivity contribution >= 4 is 11.9 Å². The van der Waals surface area contributed by atoms with Crippen LogP contribution in [0.2, 0.25) is 0 Å². The van der Waals surface area contributed by atoms with Crippen LogP contribution in [0.3, 0.4) is 0 Å². The summed E-state index contributed by atoms with van der Waals surface area (Å²) in [6.45, 7) is 2.84. The molecule has 2 N–H and O–H groups in total. The molecular formula is C10H16N2O4. The number of carbonyl (C=O) groups excluding carboxylic acids is 1. The molecule has 0 radical (unpaired) electrons. The summed E-state index contributed by atoms with van der Waals surface area (Å²) in [6.07, 6.45) is 0.282. The van der Waals surface area contributed by atoms with Crippen LogP contribution in [0.25, 0.3) is 0 Å². The second kappa shape index (κ2) is 4.80. The molecule has 1 amide bonds. The molecule has 1 unspecified atom stereocenters. The highest BCUT2D eigenvalue weighted by molar-refractivity contribution is 5.81. The van der Waals surface area contributed by atoms with Crippen LogP contribution >= 0.6 is 0 Å².